The summed E-state index contributed by atoms with van der Waals surface area (Å²) in [6, 6.07) is 8.87. The highest BCUT2D eigenvalue weighted by molar-refractivity contribution is 5.78. The molecule has 116 valence electrons. The van der Waals surface area contributed by atoms with Crippen molar-refractivity contribution in [1.82, 2.24) is 15.1 Å². The van der Waals surface area contributed by atoms with Gasteiger partial charge < -0.3 is 10.2 Å². The molecule has 0 saturated carbocycles. The SMILES string of the molecule is CNC1CCN(CC(=O)N(C)Cc2ccccc2C)CC1. The topological polar surface area (TPSA) is 35.6 Å². The fraction of sp³-hybridized carbons (Fsp3) is 0.588. The highest BCUT2D eigenvalue weighted by Crippen LogP contribution is 2.12. The van der Waals surface area contributed by atoms with Gasteiger partial charge in [0, 0.05) is 32.7 Å². The Morgan fingerprint density at radius 2 is 2.00 bits per heavy atom. The fourth-order valence-corrected chi connectivity index (χ4v) is 2.82. The van der Waals surface area contributed by atoms with E-state index in [-0.39, 0.29) is 5.91 Å². The third kappa shape index (κ3) is 4.55. The molecule has 0 radical (unpaired) electrons. The Balaban J connectivity index is 1.82. The predicted molar refractivity (Wildman–Crippen MR) is 86.2 cm³/mol. The van der Waals surface area contributed by atoms with Crippen molar-refractivity contribution in [3.63, 3.8) is 0 Å². The third-order valence-corrected chi connectivity index (χ3v) is 4.45. The summed E-state index contributed by atoms with van der Waals surface area (Å²) in [5.74, 6) is 0.209. The molecule has 1 aliphatic rings. The van der Waals surface area contributed by atoms with Crippen LogP contribution in [0.15, 0.2) is 24.3 Å². The second-order valence-corrected chi connectivity index (χ2v) is 6.02. The van der Waals surface area contributed by atoms with Gasteiger partial charge >= 0.3 is 0 Å². The lowest BCUT2D eigenvalue weighted by atomic mass is 10.1. The van der Waals surface area contributed by atoms with E-state index in [4.69, 9.17) is 0 Å². The summed E-state index contributed by atoms with van der Waals surface area (Å²) < 4.78 is 0. The lowest BCUT2D eigenvalue weighted by molar-refractivity contribution is -0.131. The summed E-state index contributed by atoms with van der Waals surface area (Å²) in [6.45, 7) is 5.35. The van der Waals surface area contributed by atoms with Crippen LogP contribution in [0.3, 0.4) is 0 Å². The van der Waals surface area contributed by atoms with Gasteiger partial charge in [-0.25, -0.2) is 0 Å². The summed E-state index contributed by atoms with van der Waals surface area (Å²) in [6.07, 6.45) is 2.26. The number of aryl methyl sites for hydroxylation is 1. The molecule has 1 amide bonds. The molecule has 1 fully saturated rings. The molecule has 4 heteroatoms. The number of carbonyl (C=O) groups is 1. The average molecular weight is 289 g/mol. The van der Waals surface area contributed by atoms with Gasteiger partial charge in [0.1, 0.15) is 0 Å². The van der Waals surface area contributed by atoms with Crippen molar-refractivity contribution in [1.29, 1.82) is 0 Å². The van der Waals surface area contributed by atoms with Gasteiger partial charge in [-0.3, -0.25) is 9.69 Å². The van der Waals surface area contributed by atoms with Gasteiger partial charge in [-0.15, -0.1) is 0 Å². The minimum atomic E-state index is 0.209. The molecule has 1 aliphatic heterocycles. The first kappa shape index (κ1) is 16.0. The molecular formula is C17H27N3O. The maximum absolute atomic E-state index is 12.3. The molecule has 21 heavy (non-hydrogen) atoms. The Morgan fingerprint density at radius 1 is 1.33 bits per heavy atom. The van der Waals surface area contributed by atoms with E-state index in [0.29, 0.717) is 19.1 Å². The van der Waals surface area contributed by atoms with Crippen LogP contribution in [0, 0.1) is 6.92 Å². The monoisotopic (exact) mass is 289 g/mol. The smallest absolute Gasteiger partial charge is 0.236 e. The zero-order valence-electron chi connectivity index (χ0n) is 13.4. The molecule has 2 rings (SSSR count). The quantitative estimate of drug-likeness (QED) is 0.895. The van der Waals surface area contributed by atoms with E-state index >= 15 is 0 Å². The van der Waals surface area contributed by atoms with Crippen LogP contribution >= 0.6 is 0 Å². The number of likely N-dealkylation sites (N-methyl/N-ethyl adjacent to an activating group) is 1. The Hall–Kier alpha value is -1.39. The van der Waals surface area contributed by atoms with E-state index in [1.165, 1.54) is 11.1 Å². The van der Waals surface area contributed by atoms with Gasteiger partial charge in [0.25, 0.3) is 0 Å². The lowest BCUT2D eigenvalue weighted by Gasteiger charge is -2.32. The predicted octanol–water partition coefficient (Wildman–Crippen LogP) is 1.64. The number of benzene rings is 1. The second kappa shape index (κ2) is 7.57. The zero-order chi connectivity index (χ0) is 15.2. The van der Waals surface area contributed by atoms with Crippen LogP contribution < -0.4 is 5.32 Å². The number of nitrogens with zero attached hydrogens (tertiary/aromatic N) is 2. The molecule has 1 N–H and O–H groups in total. The first-order valence-corrected chi connectivity index (χ1v) is 7.78. The number of nitrogens with one attached hydrogen (secondary N) is 1. The van der Waals surface area contributed by atoms with E-state index in [0.717, 1.165) is 25.9 Å². The number of piperidine rings is 1. The van der Waals surface area contributed by atoms with Crippen molar-refractivity contribution in [3.8, 4) is 0 Å². The Morgan fingerprint density at radius 3 is 2.62 bits per heavy atom. The summed E-state index contributed by atoms with van der Waals surface area (Å²) in [7, 11) is 3.91. The highest BCUT2D eigenvalue weighted by Gasteiger charge is 2.21. The first-order chi connectivity index (χ1) is 10.1. The van der Waals surface area contributed by atoms with Gasteiger partial charge in [-0.05, 0) is 37.9 Å². The second-order valence-electron chi connectivity index (χ2n) is 6.02. The van der Waals surface area contributed by atoms with Crippen LogP contribution in [0.2, 0.25) is 0 Å². The third-order valence-electron chi connectivity index (χ3n) is 4.45. The van der Waals surface area contributed by atoms with Gasteiger partial charge in [-0.1, -0.05) is 24.3 Å². The fourth-order valence-electron chi connectivity index (χ4n) is 2.82. The minimum Gasteiger partial charge on any atom is -0.340 e. The molecule has 1 aromatic carbocycles. The van der Waals surface area contributed by atoms with Crippen LogP contribution in [0.25, 0.3) is 0 Å². The van der Waals surface area contributed by atoms with E-state index in [2.05, 4.69) is 29.3 Å². The molecule has 0 spiro atoms. The van der Waals surface area contributed by atoms with Gasteiger partial charge in [-0.2, -0.15) is 0 Å². The molecular weight excluding hydrogens is 262 g/mol. The van der Waals surface area contributed by atoms with E-state index in [9.17, 15) is 4.79 Å². The molecule has 0 aromatic heterocycles. The number of rotatable bonds is 5. The molecule has 0 bridgehead atoms. The van der Waals surface area contributed by atoms with Gasteiger partial charge in [0.15, 0.2) is 0 Å². The van der Waals surface area contributed by atoms with Gasteiger partial charge in [0.2, 0.25) is 5.91 Å². The van der Waals surface area contributed by atoms with Gasteiger partial charge in [0.05, 0.1) is 6.54 Å². The maximum Gasteiger partial charge on any atom is 0.236 e. The highest BCUT2D eigenvalue weighted by atomic mass is 16.2. The summed E-state index contributed by atoms with van der Waals surface area (Å²) >= 11 is 0. The van der Waals surface area contributed by atoms with E-state index < -0.39 is 0 Å². The molecule has 4 nitrogen and oxygen atoms in total. The average Bonchev–Trinajstić information content (AvgIpc) is 2.50. The molecule has 0 aliphatic carbocycles. The van der Waals surface area contributed by atoms with E-state index in [1.807, 2.05) is 31.1 Å². The molecule has 0 atom stereocenters. The number of carbonyl (C=O) groups excluding carboxylic acids is 1. The number of likely N-dealkylation sites (tertiary alicyclic amines) is 1. The first-order valence-electron chi connectivity index (χ1n) is 7.78. The van der Waals surface area contributed by atoms with Crippen molar-refractivity contribution in [2.75, 3.05) is 33.7 Å². The molecule has 1 saturated heterocycles. The summed E-state index contributed by atoms with van der Waals surface area (Å²) in [5, 5.41) is 3.32. The maximum atomic E-state index is 12.3. The van der Waals surface area contributed by atoms with Crippen molar-refractivity contribution in [3.05, 3.63) is 35.4 Å². The zero-order valence-corrected chi connectivity index (χ0v) is 13.4. The number of hydrogen-bond acceptors (Lipinski definition) is 3. The number of amides is 1. The standard InChI is InChI=1S/C17H27N3O/c1-14-6-4-5-7-15(14)12-19(3)17(21)13-20-10-8-16(18-2)9-11-20/h4-7,16,18H,8-13H2,1-3H3. The van der Waals surface area contributed by atoms with Crippen molar-refractivity contribution in [2.45, 2.75) is 32.4 Å². The van der Waals surface area contributed by atoms with Crippen molar-refractivity contribution in [2.24, 2.45) is 0 Å². The molecule has 1 heterocycles. The van der Waals surface area contributed by atoms with E-state index in [1.54, 1.807) is 0 Å². The van der Waals surface area contributed by atoms with Crippen LogP contribution in [-0.2, 0) is 11.3 Å². The Labute approximate surface area is 128 Å². The normalized spacial score (nSPS) is 16.9. The lowest BCUT2D eigenvalue weighted by Crippen LogP contribution is -2.45. The van der Waals surface area contributed by atoms with Crippen molar-refractivity contribution < 1.29 is 4.79 Å². The van der Waals surface area contributed by atoms with Crippen LogP contribution in [-0.4, -0.2) is 55.5 Å². The minimum absolute atomic E-state index is 0.209. The van der Waals surface area contributed by atoms with Crippen LogP contribution in [0.1, 0.15) is 24.0 Å². The van der Waals surface area contributed by atoms with Crippen LogP contribution in [0.5, 0.6) is 0 Å². The van der Waals surface area contributed by atoms with Crippen molar-refractivity contribution >= 4 is 5.91 Å². The summed E-state index contributed by atoms with van der Waals surface area (Å²) in [4.78, 5) is 16.5. The molecule has 1 aromatic rings. The largest absolute Gasteiger partial charge is 0.340 e. The Bertz CT molecular complexity index is 467. The Kier molecular flexibility index (Phi) is 5.76. The number of hydrogen-bond donors (Lipinski definition) is 1. The summed E-state index contributed by atoms with van der Waals surface area (Å²) in [5.41, 5.74) is 2.47. The molecule has 0 unspecified atom stereocenters. The van der Waals surface area contributed by atoms with Crippen LogP contribution in [0.4, 0.5) is 0 Å².